The van der Waals surface area contributed by atoms with Gasteiger partial charge in [0.25, 0.3) is 12.0 Å². The zero-order valence-electron chi connectivity index (χ0n) is 10.4. The molecule has 0 radical (unpaired) electrons. The minimum atomic E-state index is -1.76. The van der Waals surface area contributed by atoms with Crippen molar-refractivity contribution in [3.8, 4) is 0 Å². The molecule has 2 rings (SSSR count). The van der Waals surface area contributed by atoms with E-state index in [1.165, 1.54) is 0 Å². The number of carbonyl (C=O) groups is 2. The molecule has 1 aromatic heterocycles. The monoisotopic (exact) mass is 283 g/mol. The van der Waals surface area contributed by atoms with Crippen LogP contribution in [0, 0.1) is 0 Å². The maximum absolute atomic E-state index is 11.9. The van der Waals surface area contributed by atoms with Crippen molar-refractivity contribution in [2.75, 3.05) is 0 Å². The predicted molar refractivity (Wildman–Crippen MR) is 64.4 cm³/mol. The maximum atomic E-state index is 11.9. The summed E-state index contributed by atoms with van der Waals surface area (Å²) in [5.41, 5.74) is -0.0868. The van der Waals surface area contributed by atoms with Gasteiger partial charge in [0.15, 0.2) is 0 Å². The van der Waals surface area contributed by atoms with E-state index >= 15 is 0 Å². The molecule has 1 aromatic rings. The van der Waals surface area contributed by atoms with Crippen LogP contribution >= 0.6 is 0 Å². The number of imide groups is 1. The maximum Gasteiger partial charge on any atom is 0.336 e. The molecule has 20 heavy (non-hydrogen) atoms. The molecular weight excluding hydrogens is 272 g/mol. The molecule has 1 aliphatic rings. The first-order valence-electron chi connectivity index (χ1n) is 5.98. The highest BCUT2D eigenvalue weighted by molar-refractivity contribution is 6.09. The Morgan fingerprint density at radius 2 is 2.10 bits per heavy atom. The fourth-order valence-corrected chi connectivity index (χ4v) is 2.07. The van der Waals surface area contributed by atoms with Crippen LogP contribution in [-0.4, -0.2) is 11.8 Å². The second kappa shape index (κ2) is 5.77. The minimum Gasteiger partial charge on any atom is -0.426 e. The van der Waals surface area contributed by atoms with E-state index in [2.05, 4.69) is 5.32 Å². The van der Waals surface area contributed by atoms with Crippen molar-refractivity contribution >= 4 is 11.8 Å². The van der Waals surface area contributed by atoms with Crippen LogP contribution in [0.25, 0.3) is 0 Å². The molecule has 0 aromatic carbocycles. The zero-order chi connectivity index (χ0) is 14.7. The third kappa shape index (κ3) is 3.17. The lowest BCUT2D eigenvalue weighted by molar-refractivity contribution is -0.120. The third-order valence-corrected chi connectivity index (χ3v) is 2.87. The SMILES string of the molecule is O=C1Cc2oc(=O)cc(CCCC=C(F)F)c2C(=O)N1. The molecule has 0 saturated carbocycles. The van der Waals surface area contributed by atoms with Gasteiger partial charge in [0.1, 0.15) is 5.76 Å². The zero-order valence-corrected chi connectivity index (χ0v) is 10.4. The van der Waals surface area contributed by atoms with Crippen LogP contribution in [0.1, 0.15) is 34.5 Å². The first-order chi connectivity index (χ1) is 9.47. The topological polar surface area (TPSA) is 76.4 Å². The Hall–Kier alpha value is -2.31. The number of unbranched alkanes of at least 4 members (excludes halogenated alkanes) is 1. The van der Waals surface area contributed by atoms with E-state index < -0.39 is 23.5 Å². The number of hydrogen-bond acceptors (Lipinski definition) is 4. The summed E-state index contributed by atoms with van der Waals surface area (Å²) < 4.78 is 28.7. The Morgan fingerprint density at radius 3 is 2.80 bits per heavy atom. The van der Waals surface area contributed by atoms with E-state index in [1.54, 1.807) is 0 Å². The number of rotatable bonds is 4. The fourth-order valence-electron chi connectivity index (χ4n) is 2.07. The van der Waals surface area contributed by atoms with Gasteiger partial charge in [-0.1, -0.05) is 0 Å². The summed E-state index contributed by atoms with van der Waals surface area (Å²) in [6, 6.07) is 1.16. The molecule has 5 nitrogen and oxygen atoms in total. The van der Waals surface area contributed by atoms with E-state index in [1.807, 2.05) is 0 Å². The molecule has 0 atom stereocenters. The fraction of sp³-hybridized carbons (Fsp3) is 0.308. The molecule has 7 heteroatoms. The van der Waals surface area contributed by atoms with Crippen LogP contribution in [-0.2, 0) is 17.6 Å². The largest absolute Gasteiger partial charge is 0.426 e. The average Bonchev–Trinajstić information content (AvgIpc) is 2.32. The number of hydrogen-bond donors (Lipinski definition) is 1. The number of amides is 2. The summed E-state index contributed by atoms with van der Waals surface area (Å²) in [5.74, 6) is -1.12. The van der Waals surface area contributed by atoms with Gasteiger partial charge in [-0.05, 0) is 30.9 Å². The van der Waals surface area contributed by atoms with Crippen LogP contribution in [0.15, 0.2) is 27.4 Å². The molecular formula is C13H11F2NO4. The smallest absolute Gasteiger partial charge is 0.336 e. The highest BCUT2D eigenvalue weighted by atomic mass is 19.3. The molecule has 0 spiro atoms. The van der Waals surface area contributed by atoms with Gasteiger partial charge in [0.2, 0.25) is 5.91 Å². The van der Waals surface area contributed by atoms with Crippen LogP contribution in [0.5, 0.6) is 0 Å². The number of nitrogens with one attached hydrogen (secondary N) is 1. The second-order valence-electron chi connectivity index (χ2n) is 4.33. The molecule has 0 aliphatic carbocycles. The van der Waals surface area contributed by atoms with Crippen LogP contribution in [0.2, 0.25) is 0 Å². The second-order valence-corrected chi connectivity index (χ2v) is 4.33. The molecule has 1 N–H and O–H groups in total. The van der Waals surface area contributed by atoms with E-state index in [0.717, 1.165) is 12.1 Å². The summed E-state index contributed by atoms with van der Waals surface area (Å²) in [4.78, 5) is 34.3. The molecule has 0 fully saturated rings. The van der Waals surface area contributed by atoms with Gasteiger partial charge in [-0.25, -0.2) is 4.79 Å². The Kier molecular flexibility index (Phi) is 4.07. The quantitative estimate of drug-likeness (QED) is 0.672. The van der Waals surface area contributed by atoms with Crippen molar-refractivity contribution in [1.82, 2.24) is 5.32 Å². The number of carbonyl (C=O) groups excluding carboxylic acids is 2. The molecule has 0 unspecified atom stereocenters. The summed E-state index contributed by atoms with van der Waals surface area (Å²) in [5, 5.41) is 2.13. The normalized spacial score (nSPS) is 13.7. The van der Waals surface area contributed by atoms with Crippen LogP contribution in [0.3, 0.4) is 0 Å². The lowest BCUT2D eigenvalue weighted by Gasteiger charge is -2.16. The summed E-state index contributed by atoms with van der Waals surface area (Å²) in [6.45, 7) is 0. The molecule has 1 aliphatic heterocycles. The standard InChI is InChI=1S/C13H11F2NO4/c14-9(15)4-2-1-3-7-5-11(18)20-8-6-10(17)16-13(19)12(7)8/h4-5H,1-3,6H2,(H,16,17,19). The summed E-state index contributed by atoms with van der Waals surface area (Å²) >= 11 is 0. The van der Waals surface area contributed by atoms with Gasteiger partial charge < -0.3 is 4.42 Å². The number of fused-ring (bicyclic) bond motifs is 1. The van der Waals surface area contributed by atoms with E-state index in [0.29, 0.717) is 12.0 Å². The van der Waals surface area contributed by atoms with Crippen LogP contribution in [0.4, 0.5) is 8.78 Å². The molecule has 2 amide bonds. The first-order valence-corrected chi connectivity index (χ1v) is 5.98. The predicted octanol–water partition coefficient (Wildman–Crippen LogP) is 1.56. The van der Waals surface area contributed by atoms with Crippen molar-refractivity contribution < 1.29 is 22.8 Å². The Bertz CT molecular complexity index is 644. The number of halogens is 2. The Balaban J connectivity index is 2.25. The highest BCUT2D eigenvalue weighted by Crippen LogP contribution is 2.19. The van der Waals surface area contributed by atoms with Crippen molar-refractivity contribution in [3.05, 3.63) is 45.5 Å². The van der Waals surface area contributed by atoms with Gasteiger partial charge >= 0.3 is 5.63 Å². The number of allylic oxidation sites excluding steroid dienone is 1. The van der Waals surface area contributed by atoms with Gasteiger partial charge in [-0.3, -0.25) is 14.9 Å². The van der Waals surface area contributed by atoms with Gasteiger partial charge in [0.05, 0.1) is 12.0 Å². The van der Waals surface area contributed by atoms with Gasteiger partial charge in [0, 0.05) is 6.07 Å². The lowest BCUT2D eigenvalue weighted by Crippen LogP contribution is -2.38. The summed E-state index contributed by atoms with van der Waals surface area (Å²) in [6.07, 6.45) is -0.390. The Labute approximate surface area is 112 Å². The average molecular weight is 283 g/mol. The van der Waals surface area contributed by atoms with Crippen molar-refractivity contribution in [2.24, 2.45) is 0 Å². The van der Waals surface area contributed by atoms with E-state index in [4.69, 9.17) is 4.42 Å². The summed E-state index contributed by atoms with van der Waals surface area (Å²) in [7, 11) is 0. The van der Waals surface area contributed by atoms with Crippen LogP contribution < -0.4 is 10.9 Å². The Morgan fingerprint density at radius 1 is 1.35 bits per heavy atom. The first kappa shape index (κ1) is 14.1. The van der Waals surface area contributed by atoms with Gasteiger partial charge in [-0.15, -0.1) is 0 Å². The molecule has 2 heterocycles. The molecule has 106 valence electrons. The number of aryl methyl sites for hydroxylation is 1. The molecule has 0 bridgehead atoms. The highest BCUT2D eigenvalue weighted by Gasteiger charge is 2.27. The molecule has 0 saturated heterocycles. The van der Waals surface area contributed by atoms with Crippen molar-refractivity contribution in [1.29, 1.82) is 0 Å². The van der Waals surface area contributed by atoms with E-state index in [9.17, 15) is 23.2 Å². The van der Waals surface area contributed by atoms with E-state index in [-0.39, 0.29) is 30.6 Å². The van der Waals surface area contributed by atoms with Crippen molar-refractivity contribution in [2.45, 2.75) is 25.7 Å². The van der Waals surface area contributed by atoms with Gasteiger partial charge in [-0.2, -0.15) is 8.78 Å². The third-order valence-electron chi connectivity index (χ3n) is 2.87. The van der Waals surface area contributed by atoms with Crippen molar-refractivity contribution in [3.63, 3.8) is 0 Å². The lowest BCUT2D eigenvalue weighted by atomic mass is 9.98. The minimum absolute atomic E-state index is 0.0356.